The predicted molar refractivity (Wildman–Crippen MR) is 105 cm³/mol. The molecule has 5 heteroatoms. The first-order chi connectivity index (χ1) is 13.1. The molecule has 1 N–H and O–H groups in total. The van der Waals surface area contributed by atoms with Crippen molar-refractivity contribution in [2.75, 3.05) is 0 Å². The molecule has 0 spiro atoms. The van der Waals surface area contributed by atoms with Crippen molar-refractivity contribution in [1.29, 1.82) is 5.26 Å². The van der Waals surface area contributed by atoms with Crippen LogP contribution in [0.25, 0.3) is 0 Å². The number of nitriles is 1. The van der Waals surface area contributed by atoms with E-state index in [4.69, 9.17) is 10.00 Å². The molecule has 1 aromatic heterocycles. The number of benzene rings is 2. The minimum atomic E-state index is 0.445. The van der Waals surface area contributed by atoms with E-state index in [2.05, 4.69) is 29.5 Å². The average molecular weight is 360 g/mol. The zero-order valence-corrected chi connectivity index (χ0v) is 16.0. The predicted octanol–water partition coefficient (Wildman–Crippen LogP) is 3.78. The second-order valence-corrected chi connectivity index (χ2v) is 6.62. The van der Waals surface area contributed by atoms with E-state index in [1.807, 2.05) is 55.1 Å². The van der Waals surface area contributed by atoms with Crippen molar-refractivity contribution in [3.8, 4) is 11.8 Å². The van der Waals surface area contributed by atoms with Crippen LogP contribution in [0.4, 0.5) is 0 Å². The maximum atomic E-state index is 8.98. The molecule has 0 aliphatic carbocycles. The van der Waals surface area contributed by atoms with Gasteiger partial charge in [-0.15, -0.1) is 0 Å². The van der Waals surface area contributed by atoms with Crippen molar-refractivity contribution in [3.05, 3.63) is 82.2 Å². The normalized spacial score (nSPS) is 10.6. The summed E-state index contributed by atoms with van der Waals surface area (Å²) < 4.78 is 7.81. The molecule has 5 nitrogen and oxygen atoms in total. The van der Waals surface area contributed by atoms with Gasteiger partial charge in [0.2, 0.25) is 0 Å². The van der Waals surface area contributed by atoms with Gasteiger partial charge in [0.15, 0.2) is 0 Å². The van der Waals surface area contributed by atoms with Crippen LogP contribution in [0.2, 0.25) is 0 Å². The summed E-state index contributed by atoms with van der Waals surface area (Å²) in [6.07, 6.45) is 0. The minimum Gasteiger partial charge on any atom is -0.489 e. The Kier molecular flexibility index (Phi) is 5.90. The summed E-state index contributed by atoms with van der Waals surface area (Å²) in [5.74, 6) is 0.824. The number of rotatable bonds is 7. The fourth-order valence-electron chi connectivity index (χ4n) is 3.05. The van der Waals surface area contributed by atoms with Crippen LogP contribution in [0.3, 0.4) is 0 Å². The molecule has 0 unspecified atom stereocenters. The van der Waals surface area contributed by atoms with Gasteiger partial charge >= 0.3 is 0 Å². The Labute approximate surface area is 160 Å². The highest BCUT2D eigenvalue weighted by Gasteiger charge is 2.08. The van der Waals surface area contributed by atoms with Crippen LogP contribution in [0, 0.1) is 25.2 Å². The molecule has 0 fully saturated rings. The molecule has 0 saturated heterocycles. The van der Waals surface area contributed by atoms with Crippen molar-refractivity contribution in [3.63, 3.8) is 0 Å². The quantitative estimate of drug-likeness (QED) is 0.696. The van der Waals surface area contributed by atoms with E-state index < -0.39 is 0 Å². The zero-order valence-electron chi connectivity index (χ0n) is 16.0. The average Bonchev–Trinajstić information content (AvgIpc) is 2.93. The van der Waals surface area contributed by atoms with Crippen LogP contribution in [0.5, 0.6) is 5.75 Å². The summed E-state index contributed by atoms with van der Waals surface area (Å²) in [7, 11) is 1.97. The van der Waals surface area contributed by atoms with E-state index in [0.717, 1.165) is 35.7 Å². The van der Waals surface area contributed by atoms with Crippen molar-refractivity contribution in [2.24, 2.45) is 7.05 Å². The fourth-order valence-corrected chi connectivity index (χ4v) is 3.05. The third-order valence-corrected chi connectivity index (χ3v) is 4.65. The second kappa shape index (κ2) is 8.52. The van der Waals surface area contributed by atoms with E-state index in [0.29, 0.717) is 12.2 Å². The maximum Gasteiger partial charge on any atom is 0.120 e. The lowest BCUT2D eigenvalue weighted by atomic mass is 10.1. The van der Waals surface area contributed by atoms with Crippen LogP contribution in [-0.2, 0) is 26.7 Å². The lowest BCUT2D eigenvalue weighted by Crippen LogP contribution is -2.14. The van der Waals surface area contributed by atoms with E-state index in [-0.39, 0.29) is 0 Å². The zero-order chi connectivity index (χ0) is 19.2. The number of aromatic nitrogens is 2. The molecule has 0 aliphatic heterocycles. The molecule has 3 rings (SSSR count). The molecule has 0 radical (unpaired) electrons. The van der Waals surface area contributed by atoms with E-state index in [1.54, 1.807) is 6.07 Å². The number of nitrogens with one attached hydrogen (secondary N) is 1. The Morgan fingerprint density at radius 3 is 2.59 bits per heavy atom. The van der Waals surface area contributed by atoms with Crippen molar-refractivity contribution in [2.45, 2.75) is 33.5 Å². The number of nitrogens with zero attached hydrogens (tertiary/aromatic N) is 3. The lowest BCUT2D eigenvalue weighted by Gasteiger charge is -2.10. The highest BCUT2D eigenvalue weighted by molar-refractivity contribution is 5.33. The standard InChI is InChI=1S/C22H24N4O/c1-16-22(17(2)26(3)25-16)14-24-13-19-7-5-9-21(11-19)27-15-20-8-4-6-18(10-20)12-23/h4-11,24H,13-15H2,1-3H3. The smallest absolute Gasteiger partial charge is 0.120 e. The van der Waals surface area contributed by atoms with Gasteiger partial charge in [-0.3, -0.25) is 4.68 Å². The Hall–Kier alpha value is -3.10. The Bertz CT molecular complexity index is 969. The summed E-state index contributed by atoms with van der Waals surface area (Å²) in [6.45, 7) is 6.12. The van der Waals surface area contributed by atoms with Gasteiger partial charge in [-0.25, -0.2) is 0 Å². The molecule has 0 aliphatic rings. The highest BCUT2D eigenvalue weighted by atomic mass is 16.5. The fraction of sp³-hybridized carbons (Fsp3) is 0.273. The van der Waals surface area contributed by atoms with Gasteiger partial charge in [-0.1, -0.05) is 24.3 Å². The highest BCUT2D eigenvalue weighted by Crippen LogP contribution is 2.16. The maximum absolute atomic E-state index is 8.98. The number of ether oxygens (including phenoxy) is 1. The van der Waals surface area contributed by atoms with Gasteiger partial charge in [0.1, 0.15) is 12.4 Å². The van der Waals surface area contributed by atoms with Crippen LogP contribution in [-0.4, -0.2) is 9.78 Å². The molecule has 1 heterocycles. The molecule has 0 saturated carbocycles. The van der Waals surface area contributed by atoms with Crippen molar-refractivity contribution >= 4 is 0 Å². The first kappa shape index (κ1) is 18.7. The molecule has 0 amide bonds. The summed E-state index contributed by atoms with van der Waals surface area (Å²) in [4.78, 5) is 0. The van der Waals surface area contributed by atoms with Crippen molar-refractivity contribution in [1.82, 2.24) is 15.1 Å². The molecule has 0 bridgehead atoms. The summed E-state index contributed by atoms with van der Waals surface area (Å²) in [6, 6.07) is 17.7. The van der Waals surface area contributed by atoms with Gasteiger partial charge in [0, 0.05) is 31.4 Å². The Morgan fingerprint density at radius 2 is 1.85 bits per heavy atom. The Balaban J connectivity index is 1.56. The van der Waals surface area contributed by atoms with Crippen LogP contribution < -0.4 is 10.1 Å². The van der Waals surface area contributed by atoms with Crippen LogP contribution in [0.15, 0.2) is 48.5 Å². The van der Waals surface area contributed by atoms with Crippen LogP contribution >= 0.6 is 0 Å². The first-order valence-electron chi connectivity index (χ1n) is 8.97. The van der Waals surface area contributed by atoms with Crippen LogP contribution in [0.1, 0.15) is 33.6 Å². The van der Waals surface area contributed by atoms with E-state index in [1.165, 1.54) is 11.3 Å². The molecule has 27 heavy (non-hydrogen) atoms. The lowest BCUT2D eigenvalue weighted by molar-refractivity contribution is 0.306. The molecule has 138 valence electrons. The van der Waals surface area contributed by atoms with Gasteiger partial charge in [-0.2, -0.15) is 10.4 Å². The molecule has 0 atom stereocenters. The minimum absolute atomic E-state index is 0.445. The third-order valence-electron chi connectivity index (χ3n) is 4.65. The van der Waals surface area contributed by atoms with Gasteiger partial charge < -0.3 is 10.1 Å². The van der Waals surface area contributed by atoms with Gasteiger partial charge in [0.25, 0.3) is 0 Å². The topological polar surface area (TPSA) is 62.9 Å². The molecular weight excluding hydrogens is 336 g/mol. The number of aryl methyl sites for hydroxylation is 2. The largest absolute Gasteiger partial charge is 0.489 e. The number of hydrogen-bond acceptors (Lipinski definition) is 4. The third kappa shape index (κ3) is 4.75. The monoisotopic (exact) mass is 360 g/mol. The SMILES string of the molecule is Cc1nn(C)c(C)c1CNCc1cccc(OCc2cccc(C#N)c2)c1. The summed E-state index contributed by atoms with van der Waals surface area (Å²) in [5, 5.41) is 16.9. The number of hydrogen-bond donors (Lipinski definition) is 1. The molecular formula is C22H24N4O. The Morgan fingerprint density at radius 1 is 1.07 bits per heavy atom. The van der Waals surface area contributed by atoms with Gasteiger partial charge in [0.05, 0.1) is 17.3 Å². The molecule has 2 aromatic carbocycles. The van der Waals surface area contributed by atoms with E-state index >= 15 is 0 Å². The summed E-state index contributed by atoms with van der Waals surface area (Å²) >= 11 is 0. The summed E-state index contributed by atoms with van der Waals surface area (Å²) in [5.41, 5.74) is 6.31. The van der Waals surface area contributed by atoms with Crippen molar-refractivity contribution < 1.29 is 4.74 Å². The van der Waals surface area contributed by atoms with Gasteiger partial charge in [-0.05, 0) is 49.2 Å². The van der Waals surface area contributed by atoms with E-state index in [9.17, 15) is 0 Å². The molecule has 3 aromatic rings. The first-order valence-corrected chi connectivity index (χ1v) is 8.97. The second-order valence-electron chi connectivity index (χ2n) is 6.62.